The lowest BCUT2D eigenvalue weighted by Gasteiger charge is -2.38. The second-order valence-electron chi connectivity index (χ2n) is 3.94. The zero-order chi connectivity index (χ0) is 20.0. The molecule has 0 aliphatic rings. The lowest BCUT2D eigenvalue weighted by Crippen LogP contribution is -2.71. The van der Waals surface area contributed by atoms with Crippen molar-refractivity contribution in [3.8, 4) is 0 Å². The van der Waals surface area contributed by atoms with Gasteiger partial charge in [0.25, 0.3) is 0 Å². The molecule has 24 heavy (non-hydrogen) atoms. The van der Waals surface area contributed by atoms with E-state index in [0.29, 0.717) is 0 Å². The van der Waals surface area contributed by atoms with Crippen molar-refractivity contribution in [2.45, 2.75) is 35.8 Å². The highest BCUT2D eigenvalue weighted by Gasteiger charge is 2.92. The van der Waals surface area contributed by atoms with Crippen molar-refractivity contribution in [3.63, 3.8) is 0 Å². The first-order valence-electron chi connectivity index (χ1n) is 5.01. The van der Waals surface area contributed by atoms with Crippen LogP contribution in [-0.2, 0) is 9.53 Å². The molecule has 0 amide bonds. The van der Waals surface area contributed by atoms with Gasteiger partial charge in [-0.15, -0.1) is 0 Å². The second-order valence-corrected chi connectivity index (χ2v) is 3.94. The van der Waals surface area contributed by atoms with Crippen LogP contribution in [0.25, 0.3) is 0 Å². The molecular formula is C9H3F13O2. The van der Waals surface area contributed by atoms with E-state index in [-0.39, 0.29) is 6.26 Å². The van der Waals surface area contributed by atoms with E-state index < -0.39 is 41.8 Å². The van der Waals surface area contributed by atoms with Crippen LogP contribution in [0.15, 0.2) is 12.8 Å². The van der Waals surface area contributed by atoms with Crippen molar-refractivity contribution >= 4 is 5.97 Å². The normalized spacial score (nSPS) is 15.2. The quantitative estimate of drug-likeness (QED) is 0.382. The number of alkyl halides is 13. The predicted molar refractivity (Wildman–Crippen MR) is 47.1 cm³/mol. The molecule has 0 aliphatic heterocycles. The maximum Gasteiger partial charge on any atom is 0.460 e. The minimum atomic E-state index is -8.06. The number of halogens is 13. The number of hydrogen-bond acceptors (Lipinski definition) is 2. The molecule has 0 aliphatic carbocycles. The highest BCUT2D eigenvalue weighted by molar-refractivity contribution is 5.79. The Labute approximate surface area is 122 Å². The van der Waals surface area contributed by atoms with Crippen LogP contribution >= 0.6 is 0 Å². The Hall–Kier alpha value is -1.70. The van der Waals surface area contributed by atoms with Crippen molar-refractivity contribution in [3.05, 3.63) is 12.8 Å². The number of rotatable bonds is 6. The van der Waals surface area contributed by atoms with Gasteiger partial charge in [-0.05, 0) is 0 Å². The van der Waals surface area contributed by atoms with Crippen LogP contribution < -0.4 is 0 Å². The van der Waals surface area contributed by atoms with Crippen molar-refractivity contribution in [1.82, 2.24) is 0 Å². The Morgan fingerprint density at radius 3 is 1.29 bits per heavy atom. The van der Waals surface area contributed by atoms with Crippen molar-refractivity contribution in [2.75, 3.05) is 0 Å². The summed E-state index contributed by atoms with van der Waals surface area (Å²) in [6.07, 6.45) is -7.85. The van der Waals surface area contributed by atoms with Crippen molar-refractivity contribution < 1.29 is 66.6 Å². The van der Waals surface area contributed by atoms with E-state index in [1.54, 1.807) is 0 Å². The fraction of sp³-hybridized carbons (Fsp3) is 0.667. The van der Waals surface area contributed by atoms with Crippen LogP contribution in [0.5, 0.6) is 0 Å². The molecule has 0 aromatic rings. The van der Waals surface area contributed by atoms with Crippen LogP contribution in [-0.4, -0.2) is 41.8 Å². The Morgan fingerprint density at radius 2 is 1.00 bits per heavy atom. The third kappa shape index (κ3) is 2.76. The van der Waals surface area contributed by atoms with Gasteiger partial charge in [0.2, 0.25) is 0 Å². The van der Waals surface area contributed by atoms with E-state index in [1.807, 2.05) is 0 Å². The fourth-order valence-corrected chi connectivity index (χ4v) is 1.05. The minimum absolute atomic E-state index is 0.340. The van der Waals surface area contributed by atoms with Crippen LogP contribution in [0.4, 0.5) is 57.1 Å². The van der Waals surface area contributed by atoms with Crippen LogP contribution in [0.2, 0.25) is 0 Å². The van der Waals surface area contributed by atoms with Gasteiger partial charge < -0.3 is 4.74 Å². The number of carbonyl (C=O) groups is 1. The molecule has 0 saturated heterocycles. The van der Waals surface area contributed by atoms with Gasteiger partial charge in [0, 0.05) is 0 Å². The number of hydrogen-bond donors (Lipinski definition) is 0. The highest BCUT2D eigenvalue weighted by atomic mass is 19.4. The van der Waals surface area contributed by atoms with E-state index in [1.165, 1.54) is 0 Å². The smallest absolute Gasteiger partial charge is 0.431 e. The van der Waals surface area contributed by atoms with Gasteiger partial charge in [0.1, 0.15) is 0 Å². The standard InChI is InChI=1S/C9H3F13O2/c1-2-24-3(23)4(10,11)5(12,13)6(14,15)7(16,17)8(18,19)9(20,21)22/h2H,1H2. The van der Waals surface area contributed by atoms with Crippen molar-refractivity contribution in [1.29, 1.82) is 0 Å². The van der Waals surface area contributed by atoms with Gasteiger partial charge >= 0.3 is 41.8 Å². The van der Waals surface area contributed by atoms with Gasteiger partial charge in [-0.3, -0.25) is 0 Å². The molecule has 0 spiro atoms. The molecule has 2 nitrogen and oxygen atoms in total. The summed E-state index contributed by atoms with van der Waals surface area (Å²) in [5.74, 6) is -42.2. The van der Waals surface area contributed by atoms with Gasteiger partial charge in [0.15, 0.2) is 0 Å². The first-order chi connectivity index (χ1) is 10.2. The Kier molecular flexibility index (Phi) is 5.28. The highest BCUT2D eigenvalue weighted by Crippen LogP contribution is 2.60. The first kappa shape index (κ1) is 22.3. The number of carbonyl (C=O) groups excluding carboxylic acids is 1. The molecule has 0 N–H and O–H groups in total. The molecule has 142 valence electrons. The Balaban J connectivity index is 6.30. The minimum Gasteiger partial charge on any atom is -0.431 e. The average Bonchev–Trinajstić information content (AvgIpc) is 2.36. The monoisotopic (exact) mass is 390 g/mol. The van der Waals surface area contributed by atoms with Gasteiger partial charge in [-0.2, -0.15) is 57.1 Å². The molecule has 0 saturated carbocycles. The molecule has 0 radical (unpaired) electrons. The maximum absolute atomic E-state index is 13.0. The molecule has 0 rings (SSSR count). The molecular weight excluding hydrogens is 387 g/mol. The van der Waals surface area contributed by atoms with E-state index in [4.69, 9.17) is 0 Å². The Morgan fingerprint density at radius 1 is 0.667 bits per heavy atom. The molecule has 0 bridgehead atoms. The summed E-state index contributed by atoms with van der Waals surface area (Å²) in [6.45, 7) is 2.35. The van der Waals surface area contributed by atoms with Gasteiger partial charge in [-0.25, -0.2) is 4.79 Å². The van der Waals surface area contributed by atoms with Gasteiger partial charge in [-0.1, -0.05) is 6.58 Å². The summed E-state index contributed by atoms with van der Waals surface area (Å²) in [7, 11) is 0. The summed E-state index contributed by atoms with van der Waals surface area (Å²) in [5.41, 5.74) is 0. The second kappa shape index (κ2) is 5.68. The Bertz CT molecular complexity index is 504. The third-order valence-electron chi connectivity index (χ3n) is 2.38. The summed E-state index contributed by atoms with van der Waals surface area (Å²) in [4.78, 5) is 10.4. The average molecular weight is 390 g/mol. The lowest BCUT2D eigenvalue weighted by molar-refractivity contribution is -0.436. The molecule has 0 fully saturated rings. The summed E-state index contributed by atoms with van der Waals surface area (Å²) in [6, 6.07) is 0. The third-order valence-corrected chi connectivity index (χ3v) is 2.38. The maximum atomic E-state index is 13.0. The van der Waals surface area contributed by atoms with Crippen LogP contribution in [0, 0.1) is 0 Å². The van der Waals surface area contributed by atoms with Crippen LogP contribution in [0.1, 0.15) is 0 Å². The molecule has 0 aromatic carbocycles. The van der Waals surface area contributed by atoms with E-state index in [0.717, 1.165) is 0 Å². The topological polar surface area (TPSA) is 26.3 Å². The summed E-state index contributed by atoms with van der Waals surface area (Å²) in [5, 5.41) is 0. The summed E-state index contributed by atoms with van der Waals surface area (Å²) >= 11 is 0. The first-order valence-corrected chi connectivity index (χ1v) is 5.01. The summed E-state index contributed by atoms with van der Waals surface area (Å²) < 4.78 is 166. The largest absolute Gasteiger partial charge is 0.460 e. The van der Waals surface area contributed by atoms with E-state index >= 15 is 0 Å². The van der Waals surface area contributed by atoms with Crippen molar-refractivity contribution in [2.24, 2.45) is 0 Å². The van der Waals surface area contributed by atoms with Gasteiger partial charge in [0.05, 0.1) is 6.26 Å². The lowest BCUT2D eigenvalue weighted by atomic mass is 9.94. The molecule has 0 aromatic heterocycles. The zero-order valence-corrected chi connectivity index (χ0v) is 10.5. The SMILES string of the molecule is C=COC(=O)C(F)(F)C(F)(F)C(F)(F)C(F)(F)C(F)(F)C(F)(F)F. The zero-order valence-electron chi connectivity index (χ0n) is 10.5. The molecule has 0 atom stereocenters. The van der Waals surface area contributed by atoms with E-state index in [2.05, 4.69) is 11.3 Å². The molecule has 0 heterocycles. The predicted octanol–water partition coefficient (Wildman–Crippen LogP) is 4.41. The fourth-order valence-electron chi connectivity index (χ4n) is 1.05. The molecule has 15 heteroatoms. The van der Waals surface area contributed by atoms with Crippen LogP contribution in [0.3, 0.4) is 0 Å². The molecule has 0 unspecified atom stereocenters. The van der Waals surface area contributed by atoms with E-state index in [9.17, 15) is 61.9 Å². The number of esters is 1. The number of ether oxygens (including phenoxy) is 1.